The van der Waals surface area contributed by atoms with Crippen molar-refractivity contribution in [1.82, 2.24) is 20.4 Å². The molecule has 2 heterocycles. The predicted molar refractivity (Wildman–Crippen MR) is 97.9 cm³/mol. The number of hydrogen-bond donors (Lipinski definition) is 2. The molecule has 2 N–H and O–H groups in total. The quantitative estimate of drug-likeness (QED) is 0.661. The molecular weight excluding hydrogens is 352 g/mol. The van der Waals surface area contributed by atoms with Gasteiger partial charge in [0.1, 0.15) is 6.61 Å². The molecule has 0 saturated carbocycles. The summed E-state index contributed by atoms with van der Waals surface area (Å²) in [6.45, 7) is 4.31. The Kier molecular flexibility index (Phi) is 5.75. The molecule has 0 unspecified atom stereocenters. The molecule has 3 rings (SSSR count). The summed E-state index contributed by atoms with van der Waals surface area (Å²) in [7, 11) is 0. The number of amides is 1. The minimum atomic E-state index is -0.289. The van der Waals surface area contributed by atoms with E-state index in [1.807, 2.05) is 24.4 Å². The molecule has 26 heavy (non-hydrogen) atoms. The van der Waals surface area contributed by atoms with E-state index in [2.05, 4.69) is 34.3 Å². The molecule has 0 aliphatic carbocycles. The number of nitrogens with one attached hydrogen (secondary N) is 1. The Balaban J connectivity index is 1.62. The maximum absolute atomic E-state index is 12.4. The maximum atomic E-state index is 12.4. The molecule has 8 heteroatoms. The summed E-state index contributed by atoms with van der Waals surface area (Å²) in [6, 6.07) is 7.49. The zero-order valence-corrected chi connectivity index (χ0v) is 15.4. The number of carbonyl (C=O) groups excluding carboxylic acids is 1. The molecule has 136 valence electrons. The Morgan fingerprint density at radius 3 is 2.92 bits per heavy atom. The van der Waals surface area contributed by atoms with Gasteiger partial charge in [-0.3, -0.25) is 4.79 Å². The summed E-state index contributed by atoms with van der Waals surface area (Å²) in [4.78, 5) is 21.8. The van der Waals surface area contributed by atoms with Crippen LogP contribution in [-0.2, 0) is 13.0 Å². The van der Waals surface area contributed by atoms with Crippen LogP contribution in [0.1, 0.15) is 46.8 Å². The van der Waals surface area contributed by atoms with Gasteiger partial charge in [0.15, 0.2) is 5.82 Å². The summed E-state index contributed by atoms with van der Waals surface area (Å²) >= 11 is 1.64. The number of thiazole rings is 1. The minimum absolute atomic E-state index is 0.161. The van der Waals surface area contributed by atoms with E-state index in [0.717, 1.165) is 15.4 Å². The summed E-state index contributed by atoms with van der Waals surface area (Å²) in [6.07, 6.45) is 2.29. The molecule has 0 spiro atoms. The van der Waals surface area contributed by atoms with Crippen molar-refractivity contribution >= 4 is 17.2 Å². The third-order valence-corrected chi connectivity index (χ3v) is 5.05. The fourth-order valence-electron chi connectivity index (χ4n) is 2.35. The molecule has 0 aliphatic rings. The molecule has 2 aromatic heterocycles. The van der Waals surface area contributed by atoms with Crippen molar-refractivity contribution in [1.29, 1.82) is 0 Å². The summed E-state index contributed by atoms with van der Waals surface area (Å²) in [5.41, 5.74) is 1.57. The van der Waals surface area contributed by atoms with Gasteiger partial charge in [-0.15, -0.1) is 11.3 Å². The smallest absolute Gasteiger partial charge is 0.252 e. The van der Waals surface area contributed by atoms with E-state index in [-0.39, 0.29) is 18.4 Å². The highest BCUT2D eigenvalue weighted by Gasteiger charge is 2.11. The lowest BCUT2D eigenvalue weighted by molar-refractivity contribution is 0.0954. The molecular formula is C18H20N4O3S. The van der Waals surface area contributed by atoms with Crippen LogP contribution in [0.2, 0.25) is 0 Å². The van der Waals surface area contributed by atoms with Crippen molar-refractivity contribution in [2.24, 2.45) is 0 Å². The van der Waals surface area contributed by atoms with Crippen LogP contribution in [-0.4, -0.2) is 32.7 Å². The van der Waals surface area contributed by atoms with Crippen molar-refractivity contribution in [3.8, 4) is 10.4 Å². The van der Waals surface area contributed by atoms with E-state index in [1.54, 1.807) is 17.4 Å². The molecule has 7 nitrogen and oxygen atoms in total. The van der Waals surface area contributed by atoms with Gasteiger partial charge < -0.3 is 14.9 Å². The monoisotopic (exact) mass is 372 g/mol. The first-order chi connectivity index (χ1) is 12.6. The van der Waals surface area contributed by atoms with Gasteiger partial charge >= 0.3 is 0 Å². The molecule has 0 saturated heterocycles. The Morgan fingerprint density at radius 1 is 1.38 bits per heavy atom. The molecule has 0 atom stereocenters. The minimum Gasteiger partial charge on any atom is -0.387 e. The third-order valence-electron chi connectivity index (χ3n) is 3.71. The second-order valence-electron chi connectivity index (χ2n) is 6.07. The molecule has 1 amide bonds. The SMILES string of the molecule is CC(C)c1ncc(-c2cccc(C(=O)NCCc3noc(CO)n3)c2)s1. The lowest BCUT2D eigenvalue weighted by atomic mass is 10.1. The Labute approximate surface area is 155 Å². The van der Waals surface area contributed by atoms with Crippen molar-refractivity contribution in [3.05, 3.63) is 52.7 Å². The van der Waals surface area contributed by atoms with E-state index < -0.39 is 0 Å². The van der Waals surface area contributed by atoms with Gasteiger partial charge in [-0.25, -0.2) is 4.98 Å². The summed E-state index contributed by atoms with van der Waals surface area (Å²) in [5, 5.41) is 16.5. The van der Waals surface area contributed by atoms with Crippen LogP contribution < -0.4 is 5.32 Å². The summed E-state index contributed by atoms with van der Waals surface area (Å²) < 4.78 is 4.81. The Bertz CT molecular complexity index is 888. The van der Waals surface area contributed by atoms with Crippen LogP contribution in [0, 0.1) is 0 Å². The molecule has 3 aromatic rings. The highest BCUT2D eigenvalue weighted by atomic mass is 32.1. The normalized spacial score (nSPS) is 11.1. The van der Waals surface area contributed by atoms with Crippen LogP contribution in [0.3, 0.4) is 0 Å². The zero-order valence-electron chi connectivity index (χ0n) is 14.6. The average molecular weight is 372 g/mol. The molecule has 0 radical (unpaired) electrons. The number of nitrogens with zero attached hydrogens (tertiary/aromatic N) is 3. The second-order valence-corrected chi connectivity index (χ2v) is 7.13. The van der Waals surface area contributed by atoms with Crippen LogP contribution in [0.5, 0.6) is 0 Å². The lowest BCUT2D eigenvalue weighted by Gasteiger charge is -2.05. The lowest BCUT2D eigenvalue weighted by Crippen LogP contribution is -2.25. The largest absolute Gasteiger partial charge is 0.387 e. The molecule has 1 aromatic carbocycles. The van der Waals surface area contributed by atoms with E-state index in [0.29, 0.717) is 30.3 Å². The molecule has 0 aliphatic heterocycles. The topological polar surface area (TPSA) is 101 Å². The van der Waals surface area contributed by atoms with Gasteiger partial charge in [-0.05, 0) is 17.7 Å². The maximum Gasteiger partial charge on any atom is 0.252 e. The second kappa shape index (κ2) is 8.20. The fraction of sp³-hybridized carbons (Fsp3) is 0.333. The number of aliphatic hydroxyl groups is 1. The van der Waals surface area contributed by atoms with E-state index in [1.165, 1.54) is 0 Å². The van der Waals surface area contributed by atoms with E-state index in [4.69, 9.17) is 9.63 Å². The van der Waals surface area contributed by atoms with Crippen LogP contribution >= 0.6 is 11.3 Å². The van der Waals surface area contributed by atoms with Crippen molar-refractivity contribution < 1.29 is 14.4 Å². The van der Waals surface area contributed by atoms with Gasteiger partial charge in [-0.1, -0.05) is 31.1 Å². The van der Waals surface area contributed by atoms with Gasteiger partial charge in [0.2, 0.25) is 0 Å². The van der Waals surface area contributed by atoms with Crippen LogP contribution in [0.15, 0.2) is 35.0 Å². The van der Waals surface area contributed by atoms with Gasteiger partial charge in [0, 0.05) is 30.6 Å². The number of benzene rings is 1. The number of carbonyl (C=O) groups is 1. The highest BCUT2D eigenvalue weighted by Crippen LogP contribution is 2.30. The third kappa shape index (κ3) is 4.33. The Morgan fingerprint density at radius 2 is 2.23 bits per heavy atom. The zero-order chi connectivity index (χ0) is 18.5. The van der Waals surface area contributed by atoms with Crippen molar-refractivity contribution in [2.75, 3.05) is 6.54 Å². The van der Waals surface area contributed by atoms with Gasteiger partial charge in [-0.2, -0.15) is 4.98 Å². The number of hydrogen-bond acceptors (Lipinski definition) is 7. The number of aliphatic hydroxyl groups excluding tert-OH is 1. The van der Waals surface area contributed by atoms with Crippen LogP contribution in [0.4, 0.5) is 0 Å². The van der Waals surface area contributed by atoms with Gasteiger partial charge in [0.25, 0.3) is 11.8 Å². The van der Waals surface area contributed by atoms with Crippen molar-refractivity contribution in [2.45, 2.75) is 32.8 Å². The van der Waals surface area contributed by atoms with Crippen LogP contribution in [0.25, 0.3) is 10.4 Å². The van der Waals surface area contributed by atoms with Gasteiger partial charge in [0.05, 0.1) is 9.88 Å². The molecule has 0 fully saturated rings. The summed E-state index contributed by atoms with van der Waals surface area (Å²) in [5.74, 6) is 0.848. The first-order valence-corrected chi connectivity index (χ1v) is 9.15. The first-order valence-electron chi connectivity index (χ1n) is 8.33. The molecule has 0 bridgehead atoms. The predicted octanol–water partition coefficient (Wildman–Crippen LogP) is 2.78. The van der Waals surface area contributed by atoms with Crippen molar-refractivity contribution in [3.63, 3.8) is 0 Å². The van der Waals surface area contributed by atoms with E-state index >= 15 is 0 Å². The fourth-order valence-corrected chi connectivity index (χ4v) is 3.26. The highest BCUT2D eigenvalue weighted by molar-refractivity contribution is 7.15. The Hall–Kier alpha value is -2.58. The average Bonchev–Trinajstić information content (AvgIpc) is 3.31. The standard InChI is InChI=1S/C18H20N4O3S/c1-11(2)18-20-9-14(26-18)12-4-3-5-13(8-12)17(24)19-7-6-15-21-16(10-23)25-22-15/h3-5,8-9,11,23H,6-7,10H2,1-2H3,(H,19,24). The van der Waals surface area contributed by atoms with E-state index in [9.17, 15) is 4.79 Å². The number of aromatic nitrogens is 3. The first kappa shape index (κ1) is 18.2. The number of rotatable bonds is 7.